The van der Waals surface area contributed by atoms with Crippen molar-refractivity contribution in [1.29, 1.82) is 0 Å². The molecule has 112 valence electrons. The van der Waals surface area contributed by atoms with Gasteiger partial charge in [0.1, 0.15) is 11.6 Å². The Bertz CT molecular complexity index is 625. The molecule has 0 radical (unpaired) electrons. The molecule has 0 unspecified atom stereocenters. The predicted molar refractivity (Wildman–Crippen MR) is 84.6 cm³/mol. The normalized spacial score (nSPS) is 11.7. The zero-order valence-corrected chi connectivity index (χ0v) is 13.3. The van der Waals surface area contributed by atoms with E-state index < -0.39 is 17.0 Å². The third-order valence-electron chi connectivity index (χ3n) is 3.49. The quantitative estimate of drug-likeness (QED) is 0.618. The molecule has 0 amide bonds. The molecular formula is C16H13Cl3F2. The second-order valence-electron chi connectivity index (χ2n) is 4.94. The van der Waals surface area contributed by atoms with Crippen LogP contribution in [-0.4, -0.2) is 11.8 Å². The lowest BCUT2D eigenvalue weighted by Gasteiger charge is -2.31. The van der Waals surface area contributed by atoms with Gasteiger partial charge in [-0.25, -0.2) is 8.78 Å². The van der Waals surface area contributed by atoms with E-state index in [2.05, 4.69) is 0 Å². The molecule has 0 aliphatic carbocycles. The molecule has 0 aliphatic rings. The first-order valence-electron chi connectivity index (χ1n) is 6.33. The summed E-state index contributed by atoms with van der Waals surface area (Å²) in [5.41, 5.74) is 0.215. The molecule has 0 nitrogen and oxygen atoms in total. The van der Waals surface area contributed by atoms with Gasteiger partial charge in [0.2, 0.25) is 0 Å². The van der Waals surface area contributed by atoms with E-state index in [1.165, 1.54) is 6.07 Å². The summed E-state index contributed by atoms with van der Waals surface area (Å²) in [6.45, 7) is 0. The van der Waals surface area contributed by atoms with E-state index in [4.69, 9.17) is 34.8 Å². The van der Waals surface area contributed by atoms with Crippen molar-refractivity contribution < 1.29 is 8.78 Å². The standard InChI is InChI=1S/C16H13Cl3F2/c17-9-16(10-18,13-3-1-2-4-14(13)19)8-11-7-12(20)5-6-15(11)21/h1-7H,8-10H2. The lowest BCUT2D eigenvalue weighted by atomic mass is 9.78. The molecule has 0 fully saturated rings. The molecule has 2 aromatic rings. The van der Waals surface area contributed by atoms with Crippen molar-refractivity contribution in [3.05, 3.63) is 70.2 Å². The Morgan fingerprint density at radius 1 is 0.952 bits per heavy atom. The largest absolute Gasteiger partial charge is 0.207 e. The Morgan fingerprint density at radius 3 is 2.24 bits per heavy atom. The zero-order valence-electron chi connectivity index (χ0n) is 11.1. The highest BCUT2D eigenvalue weighted by Gasteiger charge is 2.33. The number of halogens is 5. The van der Waals surface area contributed by atoms with Gasteiger partial charge in [0.15, 0.2) is 0 Å². The second kappa shape index (κ2) is 6.95. The van der Waals surface area contributed by atoms with Gasteiger partial charge in [-0.15, -0.1) is 23.2 Å². The van der Waals surface area contributed by atoms with Crippen molar-refractivity contribution in [3.8, 4) is 0 Å². The van der Waals surface area contributed by atoms with E-state index in [9.17, 15) is 8.78 Å². The van der Waals surface area contributed by atoms with Gasteiger partial charge in [-0.3, -0.25) is 0 Å². The van der Waals surface area contributed by atoms with Crippen LogP contribution >= 0.6 is 34.8 Å². The van der Waals surface area contributed by atoms with Gasteiger partial charge in [-0.1, -0.05) is 29.8 Å². The van der Waals surface area contributed by atoms with Crippen molar-refractivity contribution in [1.82, 2.24) is 0 Å². The molecule has 0 N–H and O–H groups in total. The Hall–Kier alpha value is -0.830. The Morgan fingerprint density at radius 2 is 1.62 bits per heavy atom. The first kappa shape index (κ1) is 16.5. The fraction of sp³-hybridized carbons (Fsp3) is 0.250. The Labute approximate surface area is 137 Å². The summed E-state index contributed by atoms with van der Waals surface area (Å²) < 4.78 is 27.3. The van der Waals surface area contributed by atoms with Crippen LogP contribution in [0.1, 0.15) is 11.1 Å². The highest BCUT2D eigenvalue weighted by atomic mass is 35.5. The molecular weight excluding hydrogens is 337 g/mol. The van der Waals surface area contributed by atoms with Crippen molar-refractivity contribution in [2.24, 2.45) is 0 Å². The van der Waals surface area contributed by atoms with Crippen molar-refractivity contribution in [2.45, 2.75) is 11.8 Å². The van der Waals surface area contributed by atoms with Gasteiger partial charge in [-0.05, 0) is 41.8 Å². The number of rotatable bonds is 5. The number of hydrogen-bond acceptors (Lipinski definition) is 0. The lowest BCUT2D eigenvalue weighted by Crippen LogP contribution is -2.34. The van der Waals surface area contributed by atoms with Gasteiger partial charge in [0, 0.05) is 22.2 Å². The maximum absolute atomic E-state index is 13.9. The van der Waals surface area contributed by atoms with Crippen LogP contribution in [0, 0.1) is 11.6 Å². The summed E-state index contributed by atoms with van der Waals surface area (Å²) >= 11 is 18.4. The molecule has 0 bridgehead atoms. The molecule has 0 heterocycles. The zero-order chi connectivity index (χ0) is 15.5. The second-order valence-corrected chi connectivity index (χ2v) is 5.88. The molecule has 0 aromatic heterocycles. The van der Waals surface area contributed by atoms with Crippen molar-refractivity contribution in [2.75, 3.05) is 11.8 Å². The number of benzene rings is 2. The van der Waals surface area contributed by atoms with Gasteiger partial charge >= 0.3 is 0 Å². The van der Waals surface area contributed by atoms with E-state index in [0.717, 1.165) is 17.7 Å². The number of hydrogen-bond donors (Lipinski definition) is 0. The molecule has 2 aromatic carbocycles. The van der Waals surface area contributed by atoms with E-state index in [0.29, 0.717) is 5.02 Å². The maximum Gasteiger partial charge on any atom is 0.126 e. The molecule has 0 spiro atoms. The Kier molecular flexibility index (Phi) is 5.48. The third kappa shape index (κ3) is 3.50. The van der Waals surface area contributed by atoms with Crippen molar-refractivity contribution >= 4 is 34.8 Å². The Balaban J connectivity index is 2.48. The van der Waals surface area contributed by atoms with E-state index in [1.807, 2.05) is 12.1 Å². The van der Waals surface area contributed by atoms with Crippen molar-refractivity contribution in [3.63, 3.8) is 0 Å². The summed E-state index contributed by atoms with van der Waals surface area (Å²) in [6, 6.07) is 10.5. The van der Waals surface area contributed by atoms with Crippen LogP contribution < -0.4 is 0 Å². The van der Waals surface area contributed by atoms with Gasteiger partial charge in [0.25, 0.3) is 0 Å². The van der Waals surface area contributed by atoms with E-state index in [-0.39, 0.29) is 23.7 Å². The monoisotopic (exact) mass is 348 g/mol. The molecule has 5 heteroatoms. The topological polar surface area (TPSA) is 0 Å². The van der Waals surface area contributed by atoms with Gasteiger partial charge in [0.05, 0.1) is 0 Å². The maximum atomic E-state index is 13.9. The van der Waals surface area contributed by atoms with Crippen LogP contribution in [0.2, 0.25) is 5.02 Å². The summed E-state index contributed by atoms with van der Waals surface area (Å²) in [7, 11) is 0. The molecule has 0 aliphatic heterocycles. The third-order valence-corrected chi connectivity index (χ3v) is 4.85. The molecule has 0 saturated carbocycles. The average Bonchev–Trinajstić information content (AvgIpc) is 2.49. The smallest absolute Gasteiger partial charge is 0.126 e. The first-order chi connectivity index (χ1) is 10.0. The highest BCUT2D eigenvalue weighted by Crippen LogP contribution is 2.36. The molecule has 21 heavy (non-hydrogen) atoms. The fourth-order valence-corrected chi connectivity index (χ4v) is 3.40. The highest BCUT2D eigenvalue weighted by molar-refractivity contribution is 6.32. The minimum atomic E-state index is -0.754. The lowest BCUT2D eigenvalue weighted by molar-refractivity contribution is 0.506. The van der Waals surface area contributed by atoms with Gasteiger partial charge in [-0.2, -0.15) is 0 Å². The summed E-state index contributed by atoms with van der Waals surface area (Å²) in [6.07, 6.45) is 0.174. The summed E-state index contributed by atoms with van der Waals surface area (Å²) in [5, 5.41) is 0.510. The average molecular weight is 350 g/mol. The van der Waals surface area contributed by atoms with Crippen LogP contribution in [-0.2, 0) is 11.8 Å². The van der Waals surface area contributed by atoms with E-state index >= 15 is 0 Å². The minimum absolute atomic E-state index is 0.149. The molecule has 2 rings (SSSR count). The summed E-state index contributed by atoms with van der Waals surface area (Å²) in [5.74, 6) is -0.682. The molecule has 0 atom stereocenters. The SMILES string of the molecule is Fc1ccc(F)c(CC(CCl)(CCl)c2ccccc2Cl)c1. The van der Waals surface area contributed by atoms with Crippen LogP contribution in [0.15, 0.2) is 42.5 Å². The summed E-state index contributed by atoms with van der Waals surface area (Å²) in [4.78, 5) is 0. The first-order valence-corrected chi connectivity index (χ1v) is 7.78. The minimum Gasteiger partial charge on any atom is -0.207 e. The van der Waals surface area contributed by atoms with Crippen LogP contribution in [0.5, 0.6) is 0 Å². The van der Waals surface area contributed by atoms with E-state index in [1.54, 1.807) is 12.1 Å². The number of alkyl halides is 2. The van der Waals surface area contributed by atoms with Gasteiger partial charge < -0.3 is 0 Å². The molecule has 0 saturated heterocycles. The van der Waals surface area contributed by atoms with Crippen LogP contribution in [0.25, 0.3) is 0 Å². The van der Waals surface area contributed by atoms with Crippen LogP contribution in [0.3, 0.4) is 0 Å². The fourth-order valence-electron chi connectivity index (χ4n) is 2.30. The predicted octanol–water partition coefficient (Wildman–Crippen LogP) is 5.58. The van der Waals surface area contributed by atoms with Crippen LogP contribution in [0.4, 0.5) is 8.78 Å².